The third-order valence-electron chi connectivity index (χ3n) is 2.56. The topological polar surface area (TPSA) is 75.3 Å². The molecule has 2 N–H and O–H groups in total. The lowest BCUT2D eigenvalue weighted by molar-refractivity contribution is -0.117. The highest BCUT2D eigenvalue weighted by Gasteiger charge is 2.19. The van der Waals surface area contributed by atoms with Crippen LogP contribution in [0.15, 0.2) is 30.3 Å². The summed E-state index contributed by atoms with van der Waals surface area (Å²) in [6.07, 6.45) is 1.38. The lowest BCUT2D eigenvalue weighted by Crippen LogP contribution is -2.42. The van der Waals surface area contributed by atoms with Crippen molar-refractivity contribution >= 4 is 21.6 Å². The number of hydrogen-bond donors (Lipinski definition) is 2. The van der Waals surface area contributed by atoms with Crippen LogP contribution < -0.4 is 10.0 Å². The highest BCUT2D eigenvalue weighted by atomic mass is 32.2. The minimum atomic E-state index is -3.39. The number of amides is 1. The molecule has 1 amide bonds. The summed E-state index contributed by atoms with van der Waals surface area (Å²) in [5.41, 5.74) is 0.645. The predicted molar refractivity (Wildman–Crippen MR) is 76.4 cm³/mol. The summed E-state index contributed by atoms with van der Waals surface area (Å²) in [6, 6.07) is 8.14. The summed E-state index contributed by atoms with van der Waals surface area (Å²) < 4.78 is 25.7. The average Bonchev–Trinajstić information content (AvgIpc) is 2.37. The molecule has 0 bridgehead atoms. The number of rotatable bonds is 7. The number of para-hydroxylation sites is 1. The van der Waals surface area contributed by atoms with Gasteiger partial charge in [0.05, 0.1) is 11.8 Å². The van der Waals surface area contributed by atoms with Crippen molar-refractivity contribution in [3.63, 3.8) is 0 Å². The molecule has 0 aliphatic heterocycles. The van der Waals surface area contributed by atoms with Crippen molar-refractivity contribution < 1.29 is 13.2 Å². The molecule has 19 heavy (non-hydrogen) atoms. The number of hydrogen-bond acceptors (Lipinski definition) is 3. The first-order valence-electron chi connectivity index (χ1n) is 6.30. The summed E-state index contributed by atoms with van der Waals surface area (Å²) >= 11 is 0. The molecule has 1 aromatic rings. The molecule has 1 aromatic carbocycles. The molecule has 1 unspecified atom stereocenters. The highest BCUT2D eigenvalue weighted by molar-refractivity contribution is 7.89. The van der Waals surface area contributed by atoms with Gasteiger partial charge < -0.3 is 5.32 Å². The number of carbonyl (C=O) groups excluding carboxylic acids is 1. The van der Waals surface area contributed by atoms with Gasteiger partial charge in [0.2, 0.25) is 15.9 Å². The molecule has 0 saturated heterocycles. The number of carbonyl (C=O) groups is 1. The predicted octanol–water partition coefficient (Wildman–Crippen LogP) is 1.73. The fourth-order valence-electron chi connectivity index (χ4n) is 1.49. The Hall–Kier alpha value is -1.40. The molecule has 0 spiro atoms. The maximum absolute atomic E-state index is 11.8. The Morgan fingerprint density at radius 1 is 1.26 bits per heavy atom. The van der Waals surface area contributed by atoms with E-state index in [4.69, 9.17) is 0 Å². The Balaban J connectivity index is 2.53. The van der Waals surface area contributed by atoms with E-state index in [1.807, 2.05) is 13.0 Å². The smallest absolute Gasteiger partial charge is 0.242 e. The Bertz CT molecular complexity index is 500. The van der Waals surface area contributed by atoms with Gasteiger partial charge in [-0.2, -0.15) is 0 Å². The molecule has 0 fully saturated rings. The van der Waals surface area contributed by atoms with Crippen molar-refractivity contribution in [1.29, 1.82) is 0 Å². The minimum Gasteiger partial charge on any atom is -0.325 e. The molecule has 5 nitrogen and oxygen atoms in total. The summed E-state index contributed by atoms with van der Waals surface area (Å²) in [5.74, 6) is -0.321. The van der Waals surface area contributed by atoms with Crippen LogP contribution in [0, 0.1) is 0 Å². The van der Waals surface area contributed by atoms with Crippen molar-refractivity contribution in [1.82, 2.24) is 4.72 Å². The second kappa shape index (κ2) is 7.25. The quantitative estimate of drug-likeness (QED) is 0.800. The molecular formula is C13H20N2O3S. The van der Waals surface area contributed by atoms with Crippen LogP contribution in [-0.2, 0) is 14.8 Å². The SMILES string of the molecule is CCCCS(=O)(=O)NC(C)C(=O)Nc1ccccc1. The second-order valence-electron chi connectivity index (χ2n) is 4.37. The van der Waals surface area contributed by atoms with Gasteiger partial charge in [-0.3, -0.25) is 4.79 Å². The van der Waals surface area contributed by atoms with Crippen LogP contribution in [0.1, 0.15) is 26.7 Å². The fourth-order valence-corrected chi connectivity index (χ4v) is 2.92. The van der Waals surface area contributed by atoms with Crippen LogP contribution in [-0.4, -0.2) is 26.1 Å². The number of unbranched alkanes of at least 4 members (excludes halogenated alkanes) is 1. The van der Waals surface area contributed by atoms with Crippen molar-refractivity contribution in [3.8, 4) is 0 Å². The van der Waals surface area contributed by atoms with Gasteiger partial charge in [0.1, 0.15) is 0 Å². The van der Waals surface area contributed by atoms with Crippen LogP contribution in [0.5, 0.6) is 0 Å². The number of sulfonamides is 1. The molecule has 0 saturated carbocycles. The molecule has 1 atom stereocenters. The van der Waals surface area contributed by atoms with E-state index in [0.29, 0.717) is 12.1 Å². The summed E-state index contributed by atoms with van der Waals surface area (Å²) in [6.45, 7) is 3.45. The van der Waals surface area contributed by atoms with Gasteiger partial charge in [-0.15, -0.1) is 0 Å². The molecule has 1 rings (SSSR count). The molecule has 0 heterocycles. The monoisotopic (exact) mass is 284 g/mol. The highest BCUT2D eigenvalue weighted by Crippen LogP contribution is 2.06. The van der Waals surface area contributed by atoms with E-state index >= 15 is 0 Å². The van der Waals surface area contributed by atoms with Crippen LogP contribution in [0.2, 0.25) is 0 Å². The average molecular weight is 284 g/mol. The van der Waals surface area contributed by atoms with E-state index in [1.54, 1.807) is 24.3 Å². The Labute approximate surface area is 114 Å². The van der Waals surface area contributed by atoms with E-state index < -0.39 is 16.1 Å². The Morgan fingerprint density at radius 2 is 1.89 bits per heavy atom. The normalized spacial score (nSPS) is 12.9. The summed E-state index contributed by atoms with van der Waals surface area (Å²) in [7, 11) is -3.39. The zero-order valence-electron chi connectivity index (χ0n) is 11.2. The summed E-state index contributed by atoms with van der Waals surface area (Å²) in [4.78, 5) is 11.8. The first-order chi connectivity index (χ1) is 8.94. The fraction of sp³-hybridized carbons (Fsp3) is 0.462. The van der Waals surface area contributed by atoms with Crippen molar-refractivity contribution in [2.45, 2.75) is 32.7 Å². The zero-order chi connectivity index (χ0) is 14.3. The number of anilines is 1. The van der Waals surface area contributed by atoms with Crippen molar-refractivity contribution in [2.75, 3.05) is 11.1 Å². The van der Waals surface area contributed by atoms with E-state index in [2.05, 4.69) is 10.0 Å². The third kappa shape index (κ3) is 5.85. The van der Waals surface area contributed by atoms with Gasteiger partial charge in [0.25, 0.3) is 0 Å². The van der Waals surface area contributed by atoms with Gasteiger partial charge in [0.15, 0.2) is 0 Å². The van der Waals surface area contributed by atoms with Gasteiger partial charge in [-0.1, -0.05) is 31.5 Å². The molecule has 0 aromatic heterocycles. The van der Waals surface area contributed by atoms with E-state index in [1.165, 1.54) is 6.92 Å². The van der Waals surface area contributed by atoms with Crippen LogP contribution in [0.3, 0.4) is 0 Å². The molecule has 0 radical (unpaired) electrons. The van der Waals surface area contributed by atoms with Crippen LogP contribution in [0.4, 0.5) is 5.69 Å². The minimum absolute atomic E-state index is 0.0481. The Kier molecular flexibility index (Phi) is 5.98. The molecule has 106 valence electrons. The van der Waals surface area contributed by atoms with E-state index in [0.717, 1.165) is 6.42 Å². The van der Waals surface area contributed by atoms with Gasteiger partial charge in [0, 0.05) is 5.69 Å². The van der Waals surface area contributed by atoms with Gasteiger partial charge >= 0.3 is 0 Å². The van der Waals surface area contributed by atoms with Gasteiger partial charge in [-0.25, -0.2) is 13.1 Å². The molecular weight excluding hydrogens is 264 g/mol. The zero-order valence-corrected chi connectivity index (χ0v) is 12.0. The van der Waals surface area contributed by atoms with Gasteiger partial charge in [-0.05, 0) is 25.5 Å². The van der Waals surface area contributed by atoms with Crippen LogP contribution >= 0.6 is 0 Å². The number of nitrogens with one attached hydrogen (secondary N) is 2. The lowest BCUT2D eigenvalue weighted by atomic mass is 10.3. The number of benzene rings is 1. The first kappa shape index (κ1) is 15.7. The molecule has 0 aliphatic carbocycles. The molecule has 0 aliphatic rings. The standard InChI is InChI=1S/C13H20N2O3S/c1-3-4-10-19(17,18)15-11(2)13(16)14-12-8-6-5-7-9-12/h5-9,11,15H,3-4,10H2,1-2H3,(H,14,16). The van der Waals surface area contributed by atoms with E-state index in [9.17, 15) is 13.2 Å². The largest absolute Gasteiger partial charge is 0.325 e. The third-order valence-corrected chi connectivity index (χ3v) is 4.10. The first-order valence-corrected chi connectivity index (χ1v) is 7.96. The van der Waals surface area contributed by atoms with Crippen molar-refractivity contribution in [3.05, 3.63) is 30.3 Å². The summed E-state index contributed by atoms with van der Waals surface area (Å²) in [5, 5.41) is 2.65. The van der Waals surface area contributed by atoms with Crippen molar-refractivity contribution in [2.24, 2.45) is 0 Å². The molecule has 6 heteroatoms. The van der Waals surface area contributed by atoms with E-state index in [-0.39, 0.29) is 11.7 Å². The Morgan fingerprint density at radius 3 is 2.47 bits per heavy atom. The lowest BCUT2D eigenvalue weighted by Gasteiger charge is -2.14. The maximum atomic E-state index is 11.8. The second-order valence-corrected chi connectivity index (χ2v) is 6.24. The van der Waals surface area contributed by atoms with Crippen LogP contribution in [0.25, 0.3) is 0 Å². The maximum Gasteiger partial charge on any atom is 0.242 e.